The van der Waals surface area contributed by atoms with E-state index in [0.717, 1.165) is 27.8 Å². The molecule has 1 heterocycles. The van der Waals surface area contributed by atoms with Gasteiger partial charge in [-0.15, -0.1) is 0 Å². The highest BCUT2D eigenvalue weighted by molar-refractivity contribution is 6.01. The molecule has 0 atom stereocenters. The number of hydrogen-bond acceptors (Lipinski definition) is 3. The van der Waals surface area contributed by atoms with Crippen LogP contribution in [0.5, 0.6) is 5.75 Å². The molecule has 0 aliphatic carbocycles. The number of nitrogens with zero attached hydrogens (tertiary/aromatic N) is 1. The summed E-state index contributed by atoms with van der Waals surface area (Å²) in [6.45, 7) is 3.90. The van der Waals surface area contributed by atoms with Crippen LogP contribution in [0.25, 0.3) is 10.9 Å². The van der Waals surface area contributed by atoms with Crippen LogP contribution in [0, 0.1) is 13.8 Å². The van der Waals surface area contributed by atoms with Crippen LogP contribution in [0.15, 0.2) is 54.6 Å². The third kappa shape index (κ3) is 3.66. The van der Waals surface area contributed by atoms with E-state index in [0.29, 0.717) is 5.75 Å². The monoisotopic (exact) mass is 306 g/mol. The number of rotatable bonds is 4. The standard InChI is InChI=1S/C19H18N2O2/c1-13-8-9-17-16(10-13)18(11-14(2)20-17)21-19(22)12-23-15-6-4-3-5-7-15/h3-11H,12H2,1-2H3,(H,20,21,22). The summed E-state index contributed by atoms with van der Waals surface area (Å²) in [5.41, 5.74) is 3.62. The van der Waals surface area contributed by atoms with Gasteiger partial charge in [0, 0.05) is 11.1 Å². The molecule has 0 saturated heterocycles. The normalized spacial score (nSPS) is 10.5. The van der Waals surface area contributed by atoms with Crippen molar-refractivity contribution in [3.8, 4) is 5.75 Å². The van der Waals surface area contributed by atoms with Crippen LogP contribution in [0.1, 0.15) is 11.3 Å². The van der Waals surface area contributed by atoms with Crippen LogP contribution >= 0.6 is 0 Å². The first-order chi connectivity index (χ1) is 11.1. The van der Waals surface area contributed by atoms with Crippen molar-refractivity contribution in [3.05, 3.63) is 65.9 Å². The van der Waals surface area contributed by atoms with Crippen molar-refractivity contribution < 1.29 is 9.53 Å². The summed E-state index contributed by atoms with van der Waals surface area (Å²) in [7, 11) is 0. The Morgan fingerprint density at radius 1 is 1.09 bits per heavy atom. The zero-order chi connectivity index (χ0) is 16.2. The van der Waals surface area contributed by atoms with Crippen molar-refractivity contribution in [1.82, 2.24) is 4.98 Å². The molecule has 116 valence electrons. The summed E-state index contributed by atoms with van der Waals surface area (Å²) >= 11 is 0. The summed E-state index contributed by atoms with van der Waals surface area (Å²) in [6, 6.07) is 17.2. The zero-order valence-electron chi connectivity index (χ0n) is 13.2. The Morgan fingerprint density at radius 3 is 2.65 bits per heavy atom. The number of hydrogen-bond donors (Lipinski definition) is 1. The van der Waals surface area contributed by atoms with E-state index in [9.17, 15) is 4.79 Å². The number of carbonyl (C=O) groups excluding carboxylic acids is 1. The number of fused-ring (bicyclic) bond motifs is 1. The van der Waals surface area contributed by atoms with Gasteiger partial charge >= 0.3 is 0 Å². The van der Waals surface area contributed by atoms with E-state index in [1.807, 2.05) is 68.4 Å². The highest BCUT2D eigenvalue weighted by Gasteiger charge is 2.09. The number of carbonyl (C=O) groups is 1. The number of pyridine rings is 1. The smallest absolute Gasteiger partial charge is 0.262 e. The van der Waals surface area contributed by atoms with Gasteiger partial charge in [0.25, 0.3) is 5.91 Å². The quantitative estimate of drug-likeness (QED) is 0.796. The first-order valence-corrected chi connectivity index (χ1v) is 7.47. The molecule has 0 fully saturated rings. The third-order valence-electron chi connectivity index (χ3n) is 3.48. The molecule has 0 unspecified atom stereocenters. The van der Waals surface area contributed by atoms with Gasteiger partial charge in [0.2, 0.25) is 0 Å². The minimum atomic E-state index is -0.192. The predicted molar refractivity (Wildman–Crippen MR) is 91.8 cm³/mol. The maximum absolute atomic E-state index is 12.2. The van der Waals surface area contributed by atoms with E-state index in [1.165, 1.54) is 0 Å². The van der Waals surface area contributed by atoms with Crippen LogP contribution in [-0.2, 0) is 4.79 Å². The van der Waals surface area contributed by atoms with E-state index >= 15 is 0 Å². The van der Waals surface area contributed by atoms with Gasteiger partial charge in [0.15, 0.2) is 6.61 Å². The molecule has 0 aliphatic rings. The van der Waals surface area contributed by atoms with Gasteiger partial charge in [-0.1, -0.05) is 29.8 Å². The van der Waals surface area contributed by atoms with Crippen molar-refractivity contribution in [2.24, 2.45) is 0 Å². The van der Waals surface area contributed by atoms with E-state index in [2.05, 4.69) is 10.3 Å². The molecule has 0 radical (unpaired) electrons. The van der Waals surface area contributed by atoms with Crippen molar-refractivity contribution in [1.29, 1.82) is 0 Å². The molecule has 23 heavy (non-hydrogen) atoms. The van der Waals surface area contributed by atoms with Crippen molar-refractivity contribution >= 4 is 22.5 Å². The van der Waals surface area contributed by atoms with Crippen LogP contribution < -0.4 is 10.1 Å². The second-order valence-corrected chi connectivity index (χ2v) is 5.48. The zero-order valence-corrected chi connectivity index (χ0v) is 13.2. The lowest BCUT2D eigenvalue weighted by atomic mass is 10.1. The molecule has 2 aromatic carbocycles. The molecule has 1 N–H and O–H groups in total. The number of benzene rings is 2. The Morgan fingerprint density at radius 2 is 1.87 bits per heavy atom. The second-order valence-electron chi connectivity index (χ2n) is 5.48. The minimum Gasteiger partial charge on any atom is -0.484 e. The number of nitrogens with one attached hydrogen (secondary N) is 1. The van der Waals surface area contributed by atoms with Gasteiger partial charge in [-0.25, -0.2) is 0 Å². The maximum Gasteiger partial charge on any atom is 0.262 e. The molecule has 0 saturated carbocycles. The van der Waals surface area contributed by atoms with E-state index < -0.39 is 0 Å². The SMILES string of the molecule is Cc1ccc2nc(C)cc(NC(=O)COc3ccccc3)c2c1. The first kappa shape index (κ1) is 15.0. The Bertz CT molecular complexity index is 845. The largest absolute Gasteiger partial charge is 0.484 e. The summed E-state index contributed by atoms with van der Waals surface area (Å²) in [6.07, 6.45) is 0. The van der Waals surface area contributed by atoms with Gasteiger partial charge < -0.3 is 10.1 Å². The molecular formula is C19H18N2O2. The summed E-state index contributed by atoms with van der Waals surface area (Å²) < 4.78 is 5.48. The summed E-state index contributed by atoms with van der Waals surface area (Å²) in [5.74, 6) is 0.483. The van der Waals surface area contributed by atoms with Gasteiger partial charge in [-0.2, -0.15) is 0 Å². The molecule has 3 rings (SSSR count). The molecule has 4 nitrogen and oxygen atoms in total. The van der Waals surface area contributed by atoms with Gasteiger partial charge in [0.1, 0.15) is 5.75 Å². The molecule has 0 aliphatic heterocycles. The molecule has 1 amide bonds. The molecule has 4 heteroatoms. The average molecular weight is 306 g/mol. The third-order valence-corrected chi connectivity index (χ3v) is 3.48. The van der Waals surface area contributed by atoms with E-state index in [1.54, 1.807) is 0 Å². The highest BCUT2D eigenvalue weighted by Crippen LogP contribution is 2.24. The number of amides is 1. The van der Waals surface area contributed by atoms with Gasteiger partial charge in [-0.05, 0) is 44.2 Å². The minimum absolute atomic E-state index is 0.0291. The van der Waals surface area contributed by atoms with Crippen LogP contribution in [0.4, 0.5) is 5.69 Å². The molecule has 0 bridgehead atoms. The fraction of sp³-hybridized carbons (Fsp3) is 0.158. The van der Waals surface area contributed by atoms with Gasteiger partial charge in [-0.3, -0.25) is 9.78 Å². The fourth-order valence-corrected chi connectivity index (χ4v) is 2.43. The number of ether oxygens (including phenoxy) is 1. The van der Waals surface area contributed by atoms with Crippen molar-refractivity contribution in [3.63, 3.8) is 0 Å². The Balaban J connectivity index is 1.78. The van der Waals surface area contributed by atoms with E-state index in [4.69, 9.17) is 4.74 Å². The molecule has 3 aromatic rings. The Hall–Kier alpha value is -2.88. The first-order valence-electron chi connectivity index (χ1n) is 7.47. The topological polar surface area (TPSA) is 51.2 Å². The number of para-hydroxylation sites is 1. The number of aryl methyl sites for hydroxylation is 2. The average Bonchev–Trinajstić information content (AvgIpc) is 2.54. The second kappa shape index (κ2) is 6.48. The fourth-order valence-electron chi connectivity index (χ4n) is 2.43. The molecule has 0 spiro atoms. The van der Waals surface area contributed by atoms with Crippen LogP contribution in [0.3, 0.4) is 0 Å². The van der Waals surface area contributed by atoms with Crippen LogP contribution in [-0.4, -0.2) is 17.5 Å². The lowest BCUT2D eigenvalue weighted by Crippen LogP contribution is -2.20. The summed E-state index contributed by atoms with van der Waals surface area (Å²) in [5, 5.41) is 3.85. The van der Waals surface area contributed by atoms with Crippen LogP contribution in [0.2, 0.25) is 0 Å². The molecular weight excluding hydrogens is 288 g/mol. The predicted octanol–water partition coefficient (Wildman–Crippen LogP) is 3.87. The number of aromatic nitrogens is 1. The van der Waals surface area contributed by atoms with Gasteiger partial charge in [0.05, 0.1) is 11.2 Å². The Kier molecular flexibility index (Phi) is 4.24. The summed E-state index contributed by atoms with van der Waals surface area (Å²) in [4.78, 5) is 16.7. The number of anilines is 1. The van der Waals surface area contributed by atoms with E-state index in [-0.39, 0.29) is 12.5 Å². The lowest BCUT2D eigenvalue weighted by Gasteiger charge is -2.11. The maximum atomic E-state index is 12.2. The highest BCUT2D eigenvalue weighted by atomic mass is 16.5. The van der Waals surface area contributed by atoms with Crippen molar-refractivity contribution in [2.75, 3.05) is 11.9 Å². The lowest BCUT2D eigenvalue weighted by molar-refractivity contribution is -0.118. The Labute approximate surface area is 135 Å². The van der Waals surface area contributed by atoms with Crippen molar-refractivity contribution in [2.45, 2.75) is 13.8 Å². The molecule has 1 aromatic heterocycles.